The van der Waals surface area contributed by atoms with E-state index in [1.807, 2.05) is 6.08 Å². The minimum absolute atomic E-state index is 0.0833. The Balaban J connectivity index is 2.36. The van der Waals surface area contributed by atoms with Crippen LogP contribution in [0.1, 0.15) is 52.9 Å². The average molecular weight is 194 g/mol. The summed E-state index contributed by atoms with van der Waals surface area (Å²) in [6, 6.07) is 0. The third-order valence-electron chi connectivity index (χ3n) is 4.61. The van der Waals surface area contributed by atoms with Gasteiger partial charge in [-0.2, -0.15) is 0 Å². The van der Waals surface area contributed by atoms with Gasteiger partial charge in [0.15, 0.2) is 0 Å². The van der Waals surface area contributed by atoms with Crippen LogP contribution in [0.25, 0.3) is 0 Å². The molecule has 0 unspecified atom stereocenters. The largest absolute Gasteiger partial charge is 0.512 e. The van der Waals surface area contributed by atoms with Crippen molar-refractivity contribution in [3.63, 3.8) is 0 Å². The smallest absolute Gasteiger partial charge is 0.0944 e. The van der Waals surface area contributed by atoms with Crippen molar-refractivity contribution >= 4 is 0 Å². The molecule has 0 spiro atoms. The van der Waals surface area contributed by atoms with E-state index in [0.717, 1.165) is 6.42 Å². The Morgan fingerprint density at radius 1 is 1.29 bits per heavy atom. The number of hydrogen-bond donors (Lipinski definition) is 1. The molecule has 0 radical (unpaired) electrons. The van der Waals surface area contributed by atoms with E-state index in [2.05, 4.69) is 20.8 Å². The van der Waals surface area contributed by atoms with Gasteiger partial charge in [-0.1, -0.05) is 27.2 Å². The summed E-state index contributed by atoms with van der Waals surface area (Å²) >= 11 is 0. The number of aliphatic hydroxyl groups is 1. The zero-order valence-corrected chi connectivity index (χ0v) is 9.64. The molecule has 0 aliphatic heterocycles. The van der Waals surface area contributed by atoms with Crippen LogP contribution < -0.4 is 0 Å². The molecule has 2 rings (SSSR count). The lowest BCUT2D eigenvalue weighted by Gasteiger charge is -2.52. The first-order valence-electron chi connectivity index (χ1n) is 5.86. The predicted octanol–water partition coefficient (Wildman–Crippen LogP) is 4.05. The molecule has 1 saturated carbocycles. The van der Waals surface area contributed by atoms with Gasteiger partial charge < -0.3 is 5.11 Å². The van der Waals surface area contributed by atoms with Crippen LogP contribution in [0.2, 0.25) is 0 Å². The summed E-state index contributed by atoms with van der Waals surface area (Å²) in [5.41, 5.74) is 0.495. The van der Waals surface area contributed by atoms with E-state index in [-0.39, 0.29) is 5.41 Å². The van der Waals surface area contributed by atoms with Crippen molar-refractivity contribution < 1.29 is 5.11 Å². The highest BCUT2D eigenvalue weighted by Crippen LogP contribution is 2.57. The molecule has 0 bridgehead atoms. The zero-order valence-electron chi connectivity index (χ0n) is 9.64. The van der Waals surface area contributed by atoms with Gasteiger partial charge in [-0.15, -0.1) is 0 Å². The van der Waals surface area contributed by atoms with Gasteiger partial charge in [-0.05, 0) is 43.1 Å². The third kappa shape index (κ3) is 1.29. The normalized spacial score (nSPS) is 41.4. The molecule has 2 atom stereocenters. The predicted molar refractivity (Wildman–Crippen MR) is 59.2 cm³/mol. The van der Waals surface area contributed by atoms with Crippen LogP contribution in [0.15, 0.2) is 11.8 Å². The molecule has 0 saturated heterocycles. The first-order valence-corrected chi connectivity index (χ1v) is 5.86. The molecule has 0 aromatic carbocycles. The van der Waals surface area contributed by atoms with Gasteiger partial charge in [0, 0.05) is 5.41 Å². The fourth-order valence-electron chi connectivity index (χ4n) is 3.76. The quantitative estimate of drug-likeness (QED) is 0.616. The fraction of sp³-hybridized carbons (Fsp3) is 0.846. The maximum Gasteiger partial charge on any atom is 0.0944 e. The third-order valence-corrected chi connectivity index (χ3v) is 4.61. The monoisotopic (exact) mass is 194 g/mol. The SMILES string of the molecule is CC1(C)CCC[C@]2(C)C(O)=CCC[C@@H]12. The molecule has 1 fully saturated rings. The summed E-state index contributed by atoms with van der Waals surface area (Å²) in [5.74, 6) is 1.34. The molecule has 14 heavy (non-hydrogen) atoms. The molecule has 0 heterocycles. The van der Waals surface area contributed by atoms with Crippen molar-refractivity contribution in [1.82, 2.24) is 0 Å². The second kappa shape index (κ2) is 3.01. The average Bonchev–Trinajstić information content (AvgIpc) is 2.08. The Hall–Kier alpha value is -0.460. The molecular weight excluding hydrogens is 172 g/mol. The summed E-state index contributed by atoms with van der Waals surface area (Å²) in [6.07, 6.45) is 8.11. The Morgan fingerprint density at radius 2 is 2.00 bits per heavy atom. The highest BCUT2D eigenvalue weighted by molar-refractivity contribution is 5.15. The van der Waals surface area contributed by atoms with Gasteiger partial charge >= 0.3 is 0 Å². The lowest BCUT2D eigenvalue weighted by atomic mass is 9.53. The molecular formula is C13H22O. The van der Waals surface area contributed by atoms with Gasteiger partial charge in [-0.25, -0.2) is 0 Å². The molecule has 1 heteroatoms. The lowest BCUT2D eigenvalue weighted by molar-refractivity contribution is -0.0128. The van der Waals surface area contributed by atoms with E-state index in [0.29, 0.717) is 17.1 Å². The van der Waals surface area contributed by atoms with Gasteiger partial charge in [-0.3, -0.25) is 0 Å². The molecule has 2 aliphatic rings. The lowest BCUT2D eigenvalue weighted by Crippen LogP contribution is -2.44. The van der Waals surface area contributed by atoms with Crippen molar-refractivity contribution in [3.05, 3.63) is 11.8 Å². The van der Waals surface area contributed by atoms with Crippen LogP contribution in [-0.2, 0) is 0 Å². The number of rotatable bonds is 0. The second-order valence-electron chi connectivity index (χ2n) is 5.98. The standard InChI is InChI=1S/C13H22O/c1-12(2)8-5-9-13(3)10(12)6-4-7-11(13)14/h7,10,14H,4-6,8-9H2,1-3H3/t10-,13-/m0/s1. The van der Waals surface area contributed by atoms with E-state index < -0.39 is 0 Å². The molecule has 1 nitrogen and oxygen atoms in total. The van der Waals surface area contributed by atoms with Crippen LogP contribution in [0.3, 0.4) is 0 Å². The van der Waals surface area contributed by atoms with Crippen LogP contribution in [0.5, 0.6) is 0 Å². The minimum atomic E-state index is 0.0833. The van der Waals surface area contributed by atoms with Gasteiger partial charge in [0.2, 0.25) is 0 Å². The molecule has 0 aromatic heterocycles. The first kappa shape index (κ1) is 10.1. The Bertz CT molecular complexity index is 264. The highest BCUT2D eigenvalue weighted by atomic mass is 16.3. The van der Waals surface area contributed by atoms with Gasteiger partial charge in [0.1, 0.15) is 0 Å². The van der Waals surface area contributed by atoms with Crippen molar-refractivity contribution in [2.45, 2.75) is 52.9 Å². The van der Waals surface area contributed by atoms with Crippen molar-refractivity contribution in [1.29, 1.82) is 0 Å². The highest BCUT2D eigenvalue weighted by Gasteiger charge is 2.49. The van der Waals surface area contributed by atoms with Gasteiger partial charge in [0.25, 0.3) is 0 Å². The number of fused-ring (bicyclic) bond motifs is 1. The maximum absolute atomic E-state index is 10.1. The first-order chi connectivity index (χ1) is 6.47. The number of hydrogen-bond acceptors (Lipinski definition) is 1. The van der Waals surface area contributed by atoms with E-state index in [1.54, 1.807) is 0 Å². The molecule has 2 aliphatic carbocycles. The van der Waals surface area contributed by atoms with Crippen molar-refractivity contribution in [3.8, 4) is 0 Å². The Morgan fingerprint density at radius 3 is 2.64 bits per heavy atom. The van der Waals surface area contributed by atoms with E-state index in [1.165, 1.54) is 25.7 Å². The van der Waals surface area contributed by atoms with Gasteiger partial charge in [0.05, 0.1) is 5.76 Å². The van der Waals surface area contributed by atoms with E-state index in [4.69, 9.17) is 0 Å². The summed E-state index contributed by atoms with van der Waals surface area (Å²) in [5, 5.41) is 10.1. The van der Waals surface area contributed by atoms with E-state index >= 15 is 0 Å². The Labute approximate surface area is 87.2 Å². The van der Waals surface area contributed by atoms with E-state index in [9.17, 15) is 5.11 Å². The minimum Gasteiger partial charge on any atom is -0.512 e. The molecule has 1 N–H and O–H groups in total. The zero-order chi connectivity index (χ0) is 10.4. The number of allylic oxidation sites excluding steroid dienone is 2. The number of aliphatic hydroxyl groups excluding tert-OH is 1. The van der Waals surface area contributed by atoms with Crippen LogP contribution >= 0.6 is 0 Å². The summed E-state index contributed by atoms with van der Waals surface area (Å²) in [6.45, 7) is 6.99. The second-order valence-corrected chi connectivity index (χ2v) is 5.98. The summed E-state index contributed by atoms with van der Waals surface area (Å²) < 4.78 is 0. The molecule has 80 valence electrons. The maximum atomic E-state index is 10.1. The summed E-state index contributed by atoms with van der Waals surface area (Å²) in [7, 11) is 0. The summed E-state index contributed by atoms with van der Waals surface area (Å²) in [4.78, 5) is 0. The molecule has 0 aromatic rings. The van der Waals surface area contributed by atoms with Crippen LogP contribution in [0, 0.1) is 16.7 Å². The van der Waals surface area contributed by atoms with Crippen LogP contribution in [-0.4, -0.2) is 5.11 Å². The van der Waals surface area contributed by atoms with Crippen molar-refractivity contribution in [2.24, 2.45) is 16.7 Å². The van der Waals surface area contributed by atoms with Crippen molar-refractivity contribution in [2.75, 3.05) is 0 Å². The topological polar surface area (TPSA) is 20.2 Å². The molecule has 0 amide bonds. The van der Waals surface area contributed by atoms with Crippen LogP contribution in [0.4, 0.5) is 0 Å². The Kier molecular flexibility index (Phi) is 2.17. The fourth-order valence-corrected chi connectivity index (χ4v) is 3.76.